The molecule has 4 aromatic rings. The molecular formula is C71H66F51NO6. The summed E-state index contributed by atoms with van der Waals surface area (Å²) in [5.74, 6) is -178. The number of carbonyl (C=O) groups excluding carboxylic acids is 1. The van der Waals surface area contributed by atoms with Gasteiger partial charge in [-0.3, -0.25) is 0 Å². The Hall–Kier alpha value is -7.28. The van der Waals surface area contributed by atoms with Crippen molar-refractivity contribution in [3.8, 4) is 17.2 Å². The lowest BCUT2D eigenvalue weighted by atomic mass is 9.87. The highest BCUT2D eigenvalue weighted by Gasteiger charge is 2.99. The van der Waals surface area contributed by atoms with E-state index in [9.17, 15) is 229 Å². The summed E-state index contributed by atoms with van der Waals surface area (Å²) < 4.78 is 734. The Morgan fingerprint density at radius 1 is 0.240 bits per heavy atom. The molecule has 0 fully saturated rings. The van der Waals surface area contributed by atoms with Crippen LogP contribution < -0.4 is 14.2 Å². The molecule has 0 amide bonds. The van der Waals surface area contributed by atoms with Gasteiger partial charge in [-0.2, -0.15) is 224 Å². The number of fused-ring (bicyclic) bond motifs is 3. The lowest BCUT2D eigenvalue weighted by molar-refractivity contribution is -0.461. The Morgan fingerprint density at radius 2 is 0.465 bits per heavy atom. The van der Waals surface area contributed by atoms with Gasteiger partial charge in [-0.25, -0.2) is 4.79 Å². The van der Waals surface area contributed by atoms with Crippen LogP contribution in [-0.4, -0.2) is 193 Å². The normalized spacial score (nSPS) is 15.1. The molecule has 0 saturated heterocycles. The van der Waals surface area contributed by atoms with Crippen LogP contribution in [0.1, 0.15) is 145 Å². The first-order valence-corrected chi connectivity index (χ1v) is 36.8. The number of para-hydroxylation sites is 2. The van der Waals surface area contributed by atoms with E-state index >= 15 is 0 Å². The van der Waals surface area contributed by atoms with Crippen LogP contribution in [0.4, 0.5) is 224 Å². The van der Waals surface area contributed by atoms with E-state index in [0.717, 1.165) is 33.9 Å². The summed E-state index contributed by atoms with van der Waals surface area (Å²) in [6.07, 6.45) is -44.0. The topological polar surface area (TPSA) is 68.2 Å². The van der Waals surface area contributed by atoms with Crippen LogP contribution >= 0.6 is 0 Å². The molecule has 1 heterocycles. The fourth-order valence-corrected chi connectivity index (χ4v) is 11.9. The number of alkyl halides is 51. The number of nitrogens with zero attached hydrogens (tertiary/aromatic N) is 1. The SMILES string of the molecule is O=C(OCCOCCn1c2ccccc2c2ccccc21)c1cc(OCCCCCCCCC(F)(F)C(F)(F)C(F)(F)C(F)(F)C(F)(F)C(F)(F)C(F)(F)C(F)(F)F)c(OCCCCCCCCC(F)(F)C(F)(F)C(F)(F)C(F)(F)C(F)(F)C(F)(F)C(F)(F)C(F)(F)F)c(OCCCCCCCCC(F)(F)C(F)(F)C(F)(F)C(F)(F)C(F)(F)C(F)(F)C(F)(F)C(F)(F)F)c1. The highest BCUT2D eigenvalue weighted by atomic mass is 19.5. The number of unbranched alkanes of at least 4 members (excludes halogenated alkanes) is 15. The van der Waals surface area contributed by atoms with Gasteiger partial charge in [0, 0.05) is 47.6 Å². The van der Waals surface area contributed by atoms with Crippen LogP contribution in [-0.2, 0) is 16.0 Å². The molecule has 1 aromatic heterocycles. The predicted octanol–water partition coefficient (Wildman–Crippen LogP) is 29.0. The Morgan fingerprint density at radius 3 is 0.729 bits per heavy atom. The molecule has 4 rings (SSSR count). The minimum absolute atomic E-state index is 0.0638. The monoisotopic (exact) mass is 2000 g/mol. The molecule has 0 atom stereocenters. The summed E-state index contributed by atoms with van der Waals surface area (Å²) in [5, 5.41) is 1.68. The summed E-state index contributed by atoms with van der Waals surface area (Å²) in [4.78, 5) is 13.8. The first-order chi connectivity index (χ1) is 57.9. The number of halogens is 51. The van der Waals surface area contributed by atoms with Gasteiger partial charge in [-0.05, 0) is 62.8 Å². The fourth-order valence-electron chi connectivity index (χ4n) is 11.9. The third kappa shape index (κ3) is 21.1. The van der Waals surface area contributed by atoms with E-state index in [1.54, 1.807) is 36.4 Å². The standard InChI is InChI=1S/C71H66F51NO6/c72-48(73,51(78,79)54(84,85)57(90,91)60(96,97)63(102,103)66(108,109)69(114,115)116)27-17-7-1-4-10-20-31-126-44-37-39(47(124)129-36-35-125-34-30-123-42-25-15-13-23-40(42)41-24-14-16-26-43(41)123)38-45(127-32-21-11-5-2-8-18-28-49(74,75)52(80,81)55(86,87)58(92,93)61(98,99)64(104,105)67(110,111)70(117,118)119)46(44)128-33-22-12-6-3-9-19-29-50(76,77)53(82,83)56(88,89)59(94,95)62(100,101)65(106,107)68(112,113)71(120,121)122/h13-16,23-26,37-38H,1-12,17-22,27-36H2. The van der Waals surface area contributed by atoms with E-state index in [4.69, 9.17) is 23.7 Å². The van der Waals surface area contributed by atoms with E-state index in [-0.39, 0.29) is 77.5 Å². The molecule has 7 nitrogen and oxygen atoms in total. The van der Waals surface area contributed by atoms with Gasteiger partial charge in [0.25, 0.3) is 0 Å². The zero-order chi connectivity index (χ0) is 100. The second kappa shape index (κ2) is 39.3. The van der Waals surface area contributed by atoms with Crippen molar-refractivity contribution in [1.82, 2.24) is 4.57 Å². The van der Waals surface area contributed by atoms with Crippen molar-refractivity contribution in [2.45, 2.75) is 284 Å². The highest BCUT2D eigenvalue weighted by molar-refractivity contribution is 6.08. The third-order valence-corrected chi connectivity index (χ3v) is 19.6. The Labute approximate surface area is 691 Å². The molecule has 748 valence electrons. The van der Waals surface area contributed by atoms with Gasteiger partial charge >= 0.3 is 149 Å². The van der Waals surface area contributed by atoms with Crippen molar-refractivity contribution >= 4 is 27.8 Å². The second-order valence-electron chi connectivity index (χ2n) is 28.8. The molecule has 3 aromatic carbocycles. The zero-order valence-corrected chi connectivity index (χ0v) is 64.2. The quantitative estimate of drug-likeness (QED) is 0.0249. The Balaban J connectivity index is 1.59. The zero-order valence-electron chi connectivity index (χ0n) is 64.2. The maximum atomic E-state index is 14.6. The fraction of sp³-hybridized carbons (Fsp3) is 0.732. The van der Waals surface area contributed by atoms with Crippen molar-refractivity contribution in [3.05, 3.63) is 66.2 Å². The van der Waals surface area contributed by atoms with Gasteiger partial charge in [0.1, 0.15) is 6.61 Å². The number of hydrogen-bond acceptors (Lipinski definition) is 6. The van der Waals surface area contributed by atoms with Gasteiger partial charge in [0.05, 0.1) is 38.6 Å². The molecule has 0 aliphatic heterocycles. The van der Waals surface area contributed by atoms with E-state index in [1.807, 2.05) is 16.7 Å². The van der Waals surface area contributed by atoms with Crippen LogP contribution in [0.5, 0.6) is 17.2 Å². The number of rotatable bonds is 55. The van der Waals surface area contributed by atoms with Crippen molar-refractivity contribution in [2.24, 2.45) is 0 Å². The summed E-state index contributed by atoms with van der Waals surface area (Å²) in [6.45, 7) is -2.89. The van der Waals surface area contributed by atoms with Gasteiger partial charge in [-0.1, -0.05) is 113 Å². The van der Waals surface area contributed by atoms with E-state index in [2.05, 4.69) is 0 Å². The molecule has 58 heteroatoms. The van der Waals surface area contributed by atoms with Crippen molar-refractivity contribution in [3.63, 3.8) is 0 Å². The molecule has 0 unspecified atom stereocenters. The molecule has 0 aliphatic rings. The van der Waals surface area contributed by atoms with Crippen LogP contribution in [0.15, 0.2) is 60.7 Å². The predicted molar refractivity (Wildman–Crippen MR) is 342 cm³/mol. The molecule has 0 spiro atoms. The lowest BCUT2D eigenvalue weighted by Crippen LogP contribution is -2.74. The molecule has 0 bridgehead atoms. The summed E-state index contributed by atoms with van der Waals surface area (Å²) in [6, 6.07) is 15.8. The number of benzene rings is 3. The number of carbonyl (C=O) groups is 1. The first-order valence-electron chi connectivity index (χ1n) is 36.8. The van der Waals surface area contributed by atoms with E-state index in [0.29, 0.717) is 0 Å². The first kappa shape index (κ1) is 114. The van der Waals surface area contributed by atoms with Crippen LogP contribution in [0.2, 0.25) is 0 Å². The highest BCUT2D eigenvalue weighted by Crippen LogP contribution is 2.69. The summed E-state index contributed by atoms with van der Waals surface area (Å²) in [5.41, 5.74) is 0.919. The number of aromatic nitrogens is 1. The molecule has 0 N–H and O–H groups in total. The van der Waals surface area contributed by atoms with Crippen molar-refractivity contribution in [2.75, 3.05) is 39.6 Å². The van der Waals surface area contributed by atoms with Crippen LogP contribution in [0.3, 0.4) is 0 Å². The lowest BCUT2D eigenvalue weighted by Gasteiger charge is -2.42. The number of hydrogen-bond donors (Lipinski definition) is 0. The summed E-state index contributed by atoms with van der Waals surface area (Å²) >= 11 is 0. The Bertz CT molecular complexity index is 4080. The van der Waals surface area contributed by atoms with E-state index < -0.39 is 275 Å². The van der Waals surface area contributed by atoms with Gasteiger partial charge in [0.15, 0.2) is 11.5 Å². The van der Waals surface area contributed by atoms with Gasteiger partial charge in [-0.15, -0.1) is 0 Å². The maximum absolute atomic E-state index is 14.6. The average Bonchev–Trinajstić information content (AvgIpc) is 0.951. The smallest absolute Gasteiger partial charge is 0.460 e. The molecule has 0 aliphatic carbocycles. The Kier molecular flexibility index (Phi) is 34.8. The molecule has 0 saturated carbocycles. The third-order valence-electron chi connectivity index (χ3n) is 19.6. The summed E-state index contributed by atoms with van der Waals surface area (Å²) in [7, 11) is 0. The van der Waals surface area contributed by atoms with Crippen LogP contribution in [0.25, 0.3) is 21.8 Å². The molecular weight excluding hydrogens is 1930 g/mol. The molecule has 0 radical (unpaired) electrons. The van der Waals surface area contributed by atoms with Gasteiger partial charge in [0.2, 0.25) is 5.75 Å². The maximum Gasteiger partial charge on any atom is 0.460 e. The average molecular weight is 2000 g/mol. The second-order valence-corrected chi connectivity index (χ2v) is 28.8. The van der Waals surface area contributed by atoms with Gasteiger partial charge < -0.3 is 28.3 Å². The largest absolute Gasteiger partial charge is 0.490 e. The number of ether oxygens (including phenoxy) is 5. The minimum atomic E-state index is -8.90. The van der Waals surface area contributed by atoms with Crippen molar-refractivity contribution in [1.29, 1.82) is 0 Å². The number of esters is 1. The van der Waals surface area contributed by atoms with Crippen LogP contribution in [0, 0.1) is 0 Å². The van der Waals surface area contributed by atoms with Crippen molar-refractivity contribution < 1.29 is 252 Å². The molecule has 129 heavy (non-hydrogen) atoms. The van der Waals surface area contributed by atoms with E-state index in [1.165, 1.54) is 0 Å². The minimum Gasteiger partial charge on any atom is -0.490 e.